The molecule has 0 bridgehead atoms. The zero-order valence-electron chi connectivity index (χ0n) is 24.7. The van der Waals surface area contributed by atoms with Crippen LogP contribution in [0.2, 0.25) is 0 Å². The molecule has 6 aromatic carbocycles. The van der Waals surface area contributed by atoms with Crippen LogP contribution in [0.5, 0.6) is 11.5 Å². The smallest absolute Gasteiger partial charge is 0.124 e. The molecular formula is C39H36NNiO2P. The van der Waals surface area contributed by atoms with Crippen LogP contribution < -0.4 is 15.9 Å². The molecule has 0 heterocycles. The number of phenolic OH excluding ortho intramolecular Hbond substituents is 2. The Bertz CT molecular complexity index is 1560. The fraction of sp³-hybridized carbons (Fsp3) is 0.0513. The molecule has 0 saturated heterocycles. The van der Waals surface area contributed by atoms with Gasteiger partial charge in [0.25, 0.3) is 0 Å². The van der Waals surface area contributed by atoms with Crippen molar-refractivity contribution in [1.82, 2.24) is 0 Å². The summed E-state index contributed by atoms with van der Waals surface area (Å²) in [4.78, 5) is 4.38. The largest absolute Gasteiger partial charge is 0.508 e. The standard InChI is InChI=1S/C18H15P.C15H15NO2.C6H5.Ni/c1-4-10-16(11-5-1)19(17-12-6-2-7-13-17)18-14-8-3-9-15-18;1-10-4-3-5-11(2)15(10)16-9-12-8-13(17)6-7-14(12)18;1-2-4-6-5-3-1;/h1-15H;3-9,17-18H,1-2H3;1-5H;/q;;-1;/p+1. The molecule has 3 nitrogen and oxygen atoms in total. The van der Waals surface area contributed by atoms with E-state index in [0.717, 1.165) is 16.8 Å². The Morgan fingerprint density at radius 2 is 1.02 bits per heavy atom. The second-order valence-electron chi connectivity index (χ2n) is 9.79. The Balaban J connectivity index is 0.000000199. The number of aliphatic imine (C=N–C) groups is 1. The molecule has 6 rings (SSSR count). The normalized spacial score (nSPS) is 10.2. The molecule has 224 valence electrons. The third-order valence-corrected chi connectivity index (χ3v) is 9.31. The zero-order valence-corrected chi connectivity index (χ0v) is 26.7. The Morgan fingerprint density at radius 3 is 1.43 bits per heavy atom. The van der Waals surface area contributed by atoms with Gasteiger partial charge in [-0.05, 0) is 79.6 Å². The molecule has 0 spiro atoms. The number of para-hydroxylation sites is 1. The van der Waals surface area contributed by atoms with Crippen molar-refractivity contribution in [1.29, 1.82) is 0 Å². The minimum Gasteiger partial charge on any atom is -0.508 e. The average molecular weight is 640 g/mol. The van der Waals surface area contributed by atoms with Crippen LogP contribution >= 0.6 is 7.92 Å². The average Bonchev–Trinajstić information content (AvgIpc) is 3.05. The summed E-state index contributed by atoms with van der Waals surface area (Å²) in [5, 5.41) is 23.3. The predicted octanol–water partition coefficient (Wildman–Crippen LogP) is 8.13. The Hall–Kier alpha value is -4.49. The van der Waals surface area contributed by atoms with E-state index >= 15 is 0 Å². The minimum atomic E-state index is -0.877. The first-order chi connectivity index (χ1) is 21.0. The van der Waals surface area contributed by atoms with Crippen molar-refractivity contribution in [2.24, 2.45) is 4.99 Å². The summed E-state index contributed by atoms with van der Waals surface area (Å²) in [6.45, 7) is 3.98. The molecule has 0 aliphatic carbocycles. The summed E-state index contributed by atoms with van der Waals surface area (Å²) >= 11 is 0. The van der Waals surface area contributed by atoms with Crippen LogP contribution in [-0.2, 0) is 16.5 Å². The van der Waals surface area contributed by atoms with Crippen molar-refractivity contribution in [2.45, 2.75) is 13.8 Å². The molecule has 0 aliphatic rings. The van der Waals surface area contributed by atoms with Gasteiger partial charge in [-0.2, -0.15) is 36.4 Å². The molecule has 0 amide bonds. The predicted molar refractivity (Wildman–Crippen MR) is 185 cm³/mol. The number of phenols is 2. The molecule has 6 aromatic rings. The fourth-order valence-electron chi connectivity index (χ4n) is 4.45. The van der Waals surface area contributed by atoms with Gasteiger partial charge in [0.05, 0.1) is 13.6 Å². The maximum atomic E-state index is 9.65. The number of aromatic hydroxyl groups is 2. The van der Waals surface area contributed by atoms with Crippen molar-refractivity contribution in [3.63, 3.8) is 0 Å². The maximum Gasteiger partial charge on any atom is 0.124 e. The van der Waals surface area contributed by atoms with Crippen LogP contribution in [0.4, 0.5) is 5.69 Å². The molecule has 2 N–H and O–H groups in total. The van der Waals surface area contributed by atoms with Gasteiger partial charge in [-0.1, -0.05) is 72.8 Å². The van der Waals surface area contributed by atoms with E-state index in [9.17, 15) is 10.2 Å². The number of rotatable bonds is 5. The molecule has 0 saturated carbocycles. The van der Waals surface area contributed by atoms with Crippen LogP contribution in [0.3, 0.4) is 0 Å². The van der Waals surface area contributed by atoms with E-state index < -0.39 is 7.92 Å². The first kappa shape index (κ1) is 34.0. The molecule has 5 heteroatoms. The summed E-state index contributed by atoms with van der Waals surface area (Å²) in [7, 11) is -0.877. The first-order valence-electron chi connectivity index (χ1n) is 14.1. The first-order valence-corrected chi connectivity index (χ1v) is 15.6. The molecule has 44 heavy (non-hydrogen) atoms. The third-order valence-electron chi connectivity index (χ3n) is 6.58. The quantitative estimate of drug-likeness (QED) is 0.0658. The van der Waals surface area contributed by atoms with E-state index in [-0.39, 0.29) is 28.0 Å². The van der Waals surface area contributed by atoms with Crippen molar-refractivity contribution in [3.8, 4) is 11.5 Å². The minimum absolute atomic E-state index is 0. The summed E-state index contributed by atoms with van der Waals surface area (Å²) in [5.41, 5.74) is 3.54. The zero-order chi connectivity index (χ0) is 30.3. The van der Waals surface area contributed by atoms with Gasteiger partial charge in [-0.25, -0.2) is 0 Å². The van der Waals surface area contributed by atoms with E-state index in [2.05, 4.69) is 102 Å². The van der Waals surface area contributed by atoms with Crippen LogP contribution in [0, 0.1) is 19.9 Å². The molecule has 0 aliphatic heterocycles. The van der Waals surface area contributed by atoms with E-state index in [0.29, 0.717) is 5.56 Å². The Morgan fingerprint density at radius 1 is 0.568 bits per heavy atom. The molecule has 0 atom stereocenters. The van der Waals surface area contributed by atoms with Crippen molar-refractivity contribution >= 4 is 35.7 Å². The van der Waals surface area contributed by atoms with Crippen molar-refractivity contribution in [2.75, 3.05) is 0 Å². The van der Waals surface area contributed by atoms with Crippen LogP contribution in [0.15, 0.2) is 163 Å². The van der Waals surface area contributed by atoms with Crippen LogP contribution in [0.1, 0.15) is 16.7 Å². The second kappa shape index (κ2) is 18.2. The number of hydrogen-bond donors (Lipinski definition) is 2. The Labute approximate surface area is 272 Å². The number of benzene rings is 6. The summed E-state index contributed by atoms with van der Waals surface area (Å²) in [5.74, 6) is 0.207. The van der Waals surface area contributed by atoms with Gasteiger partial charge in [0.15, 0.2) is 0 Å². The van der Waals surface area contributed by atoms with Gasteiger partial charge >= 0.3 is 0 Å². The number of hydrogen-bond acceptors (Lipinski definition) is 3. The molecule has 0 radical (unpaired) electrons. The van der Waals surface area contributed by atoms with E-state index in [1.807, 2.05) is 62.4 Å². The van der Waals surface area contributed by atoms with Gasteiger partial charge in [0.2, 0.25) is 0 Å². The monoisotopic (exact) mass is 639 g/mol. The third kappa shape index (κ3) is 10.4. The van der Waals surface area contributed by atoms with E-state index in [1.54, 1.807) is 6.21 Å². The van der Waals surface area contributed by atoms with Gasteiger partial charge < -0.3 is 10.2 Å². The SMILES string of the molecule is Cc1cccc(C)c1N=Cc1cc(O)ccc1O.[Ni].[c-]1ccccc1.c1ccc([PH+](c2ccccc2)c2ccccc2)cc1. The molecule has 0 aromatic heterocycles. The second-order valence-corrected chi connectivity index (χ2v) is 12.3. The Kier molecular flexibility index (Phi) is 14.1. The number of nitrogens with zero attached hydrogens (tertiary/aromatic N) is 1. The topological polar surface area (TPSA) is 52.8 Å². The summed E-state index contributed by atoms with van der Waals surface area (Å²) < 4.78 is 0. The molecular weight excluding hydrogens is 604 g/mol. The molecule has 0 fully saturated rings. The van der Waals surface area contributed by atoms with Gasteiger partial charge in [-0.15, -0.1) is 0 Å². The molecule has 0 unspecified atom stereocenters. The van der Waals surface area contributed by atoms with Gasteiger partial charge in [0, 0.05) is 28.3 Å². The summed E-state index contributed by atoms with van der Waals surface area (Å²) in [6, 6.07) is 55.3. The van der Waals surface area contributed by atoms with Crippen LogP contribution in [0.25, 0.3) is 0 Å². The van der Waals surface area contributed by atoms with Crippen LogP contribution in [-0.4, -0.2) is 16.4 Å². The van der Waals surface area contributed by atoms with Crippen molar-refractivity contribution in [3.05, 3.63) is 180 Å². The summed E-state index contributed by atoms with van der Waals surface area (Å²) in [6.07, 6.45) is 1.56. The van der Waals surface area contributed by atoms with E-state index in [4.69, 9.17) is 0 Å². The maximum absolute atomic E-state index is 9.65. The van der Waals surface area contributed by atoms with Gasteiger partial charge in [0.1, 0.15) is 27.4 Å². The van der Waals surface area contributed by atoms with Gasteiger partial charge in [-0.3, -0.25) is 4.99 Å². The van der Waals surface area contributed by atoms with E-state index in [1.165, 1.54) is 34.1 Å². The number of aryl methyl sites for hydroxylation is 2. The van der Waals surface area contributed by atoms with Crippen molar-refractivity contribution < 1.29 is 26.7 Å². The fourth-order valence-corrected chi connectivity index (χ4v) is 7.02.